The van der Waals surface area contributed by atoms with Gasteiger partial charge in [-0.05, 0) is 24.1 Å². The van der Waals surface area contributed by atoms with E-state index in [-0.39, 0.29) is 12.4 Å². The molecular formula is C17H16Cl2O2. The molecule has 0 saturated carbocycles. The van der Waals surface area contributed by atoms with Gasteiger partial charge in [0.2, 0.25) is 0 Å². The van der Waals surface area contributed by atoms with E-state index in [0.29, 0.717) is 21.4 Å². The summed E-state index contributed by atoms with van der Waals surface area (Å²) in [5, 5.41) is 0.868. The number of benzene rings is 2. The first kappa shape index (κ1) is 15.9. The largest absolute Gasteiger partial charge is 0.485 e. The maximum Gasteiger partial charge on any atom is 0.200 e. The van der Waals surface area contributed by atoms with Crippen molar-refractivity contribution in [3.8, 4) is 5.75 Å². The highest BCUT2D eigenvalue weighted by atomic mass is 35.5. The third-order valence-electron chi connectivity index (χ3n) is 3.08. The molecule has 0 N–H and O–H groups in total. The van der Waals surface area contributed by atoms with Gasteiger partial charge in [-0.25, -0.2) is 0 Å². The Balaban J connectivity index is 1.96. The van der Waals surface area contributed by atoms with E-state index in [1.54, 1.807) is 18.2 Å². The van der Waals surface area contributed by atoms with E-state index < -0.39 is 0 Å². The van der Waals surface area contributed by atoms with Gasteiger partial charge in [0.25, 0.3) is 0 Å². The summed E-state index contributed by atoms with van der Waals surface area (Å²) in [6, 6.07) is 12.6. The Kier molecular flexibility index (Phi) is 5.66. The first-order valence-electron chi connectivity index (χ1n) is 6.80. The quantitative estimate of drug-likeness (QED) is 0.682. The molecule has 0 atom stereocenters. The van der Waals surface area contributed by atoms with Crippen LogP contribution in [-0.2, 0) is 6.42 Å². The second-order valence-corrected chi connectivity index (χ2v) is 5.55. The van der Waals surface area contributed by atoms with Crippen LogP contribution in [0.2, 0.25) is 10.0 Å². The molecule has 0 spiro atoms. The lowest BCUT2D eigenvalue weighted by molar-refractivity contribution is 0.0921. The molecule has 0 unspecified atom stereocenters. The first-order valence-corrected chi connectivity index (χ1v) is 7.55. The number of Topliss-reactive ketones (excluding diaryl/α,β-unsaturated/α-hetero) is 1. The van der Waals surface area contributed by atoms with Crippen LogP contribution in [0.25, 0.3) is 0 Å². The van der Waals surface area contributed by atoms with Crippen LogP contribution in [0.15, 0.2) is 42.5 Å². The Hall–Kier alpha value is -1.51. The number of carbonyl (C=O) groups is 1. The molecular weight excluding hydrogens is 307 g/mol. The van der Waals surface area contributed by atoms with E-state index in [1.165, 1.54) is 5.56 Å². The van der Waals surface area contributed by atoms with Gasteiger partial charge >= 0.3 is 0 Å². The van der Waals surface area contributed by atoms with Crippen molar-refractivity contribution >= 4 is 29.0 Å². The average molecular weight is 323 g/mol. The monoisotopic (exact) mass is 322 g/mol. The molecule has 0 heterocycles. The summed E-state index contributed by atoms with van der Waals surface area (Å²) in [7, 11) is 0. The molecule has 0 amide bonds. The van der Waals surface area contributed by atoms with Gasteiger partial charge in [0.1, 0.15) is 5.75 Å². The van der Waals surface area contributed by atoms with Crippen molar-refractivity contribution in [3.05, 3.63) is 63.6 Å². The fourth-order valence-corrected chi connectivity index (χ4v) is 2.23. The van der Waals surface area contributed by atoms with Gasteiger partial charge < -0.3 is 4.74 Å². The molecule has 2 rings (SSSR count). The van der Waals surface area contributed by atoms with Crippen LogP contribution >= 0.6 is 23.2 Å². The molecule has 0 aromatic heterocycles. The van der Waals surface area contributed by atoms with Crippen molar-refractivity contribution in [2.24, 2.45) is 0 Å². The molecule has 0 fully saturated rings. The Morgan fingerprint density at radius 2 is 1.76 bits per heavy atom. The second-order valence-electron chi connectivity index (χ2n) is 4.73. The van der Waals surface area contributed by atoms with E-state index in [0.717, 1.165) is 12.8 Å². The van der Waals surface area contributed by atoms with Gasteiger partial charge in [0.05, 0.1) is 10.0 Å². The topological polar surface area (TPSA) is 26.3 Å². The number of hydrogen-bond acceptors (Lipinski definition) is 2. The van der Waals surface area contributed by atoms with Crippen molar-refractivity contribution < 1.29 is 9.53 Å². The molecule has 0 bridgehead atoms. The minimum absolute atomic E-state index is 0.0227. The zero-order valence-electron chi connectivity index (χ0n) is 11.7. The van der Waals surface area contributed by atoms with Crippen molar-refractivity contribution in [1.82, 2.24) is 0 Å². The molecule has 0 radical (unpaired) electrons. The average Bonchev–Trinajstić information content (AvgIpc) is 2.49. The maximum absolute atomic E-state index is 12.1. The zero-order chi connectivity index (χ0) is 15.2. The summed E-state index contributed by atoms with van der Waals surface area (Å²) in [5.41, 5.74) is 1.88. The second kappa shape index (κ2) is 7.48. The van der Waals surface area contributed by atoms with Gasteiger partial charge in [-0.3, -0.25) is 4.79 Å². The van der Waals surface area contributed by atoms with Crippen molar-refractivity contribution in [3.63, 3.8) is 0 Å². The number of ether oxygens (including phenoxy) is 1. The molecule has 0 aliphatic heterocycles. The number of ketones is 1. The number of rotatable bonds is 6. The minimum Gasteiger partial charge on any atom is -0.485 e. The molecule has 21 heavy (non-hydrogen) atoms. The Morgan fingerprint density at radius 3 is 2.38 bits per heavy atom. The zero-order valence-corrected chi connectivity index (χ0v) is 13.2. The summed E-state index contributed by atoms with van der Waals surface area (Å²) in [6.45, 7) is 2.11. The van der Waals surface area contributed by atoms with Crippen LogP contribution in [0.3, 0.4) is 0 Å². The highest BCUT2D eigenvalue weighted by molar-refractivity contribution is 6.42. The predicted molar refractivity (Wildman–Crippen MR) is 86.7 cm³/mol. The molecule has 110 valence electrons. The summed E-state index contributed by atoms with van der Waals surface area (Å²) in [5.74, 6) is 0.462. The van der Waals surface area contributed by atoms with Crippen LogP contribution in [0.1, 0.15) is 29.3 Å². The molecule has 0 aliphatic rings. The lowest BCUT2D eigenvalue weighted by atomic mass is 10.1. The van der Waals surface area contributed by atoms with Gasteiger partial charge in [0, 0.05) is 11.6 Å². The summed E-state index contributed by atoms with van der Waals surface area (Å²) in [4.78, 5) is 12.1. The summed E-state index contributed by atoms with van der Waals surface area (Å²) in [6.07, 6.45) is 2.11. The molecule has 2 aromatic carbocycles. The molecule has 2 nitrogen and oxygen atoms in total. The number of halogens is 2. The van der Waals surface area contributed by atoms with Crippen molar-refractivity contribution in [2.75, 3.05) is 6.61 Å². The van der Waals surface area contributed by atoms with Gasteiger partial charge in [-0.15, -0.1) is 0 Å². The molecule has 0 saturated heterocycles. The molecule has 2 aromatic rings. The maximum atomic E-state index is 12.1. The SMILES string of the molecule is CCCc1ccc(C(=O)COc2ccc(Cl)c(Cl)c2)cc1. The standard InChI is InChI=1S/C17H16Cl2O2/c1-2-3-12-4-6-13(7-5-12)17(20)11-21-14-8-9-15(18)16(19)10-14/h4-10H,2-3,11H2,1H3. The van der Waals surface area contributed by atoms with Crippen LogP contribution in [0.5, 0.6) is 5.75 Å². The normalized spacial score (nSPS) is 10.4. The number of hydrogen-bond donors (Lipinski definition) is 0. The smallest absolute Gasteiger partial charge is 0.200 e. The minimum atomic E-state index is -0.0656. The third kappa shape index (κ3) is 4.48. The van der Waals surface area contributed by atoms with Gasteiger partial charge in [0.15, 0.2) is 12.4 Å². The Morgan fingerprint density at radius 1 is 1.05 bits per heavy atom. The van der Waals surface area contributed by atoms with E-state index in [9.17, 15) is 4.79 Å². The third-order valence-corrected chi connectivity index (χ3v) is 3.81. The molecule has 4 heteroatoms. The predicted octanol–water partition coefficient (Wildman–Crippen LogP) is 5.21. The fraction of sp³-hybridized carbons (Fsp3) is 0.235. The first-order chi connectivity index (χ1) is 10.1. The molecule has 0 aliphatic carbocycles. The van der Waals surface area contributed by atoms with Gasteiger partial charge in [-0.2, -0.15) is 0 Å². The summed E-state index contributed by atoms with van der Waals surface area (Å²) >= 11 is 11.7. The van der Waals surface area contributed by atoms with Crippen molar-refractivity contribution in [1.29, 1.82) is 0 Å². The lowest BCUT2D eigenvalue weighted by Gasteiger charge is -2.07. The highest BCUT2D eigenvalue weighted by Gasteiger charge is 2.08. The van der Waals surface area contributed by atoms with E-state index in [4.69, 9.17) is 27.9 Å². The lowest BCUT2D eigenvalue weighted by Crippen LogP contribution is -2.11. The number of carbonyl (C=O) groups excluding carboxylic acids is 1. The van der Waals surface area contributed by atoms with Gasteiger partial charge in [-0.1, -0.05) is 60.8 Å². The van der Waals surface area contributed by atoms with E-state index in [2.05, 4.69) is 6.92 Å². The number of aryl methyl sites for hydroxylation is 1. The Labute approximate surface area is 134 Å². The van der Waals surface area contributed by atoms with Crippen LogP contribution in [0, 0.1) is 0 Å². The highest BCUT2D eigenvalue weighted by Crippen LogP contribution is 2.26. The van der Waals surface area contributed by atoms with Crippen LogP contribution in [0.4, 0.5) is 0 Å². The fourth-order valence-electron chi connectivity index (χ4n) is 1.94. The van der Waals surface area contributed by atoms with Crippen molar-refractivity contribution in [2.45, 2.75) is 19.8 Å². The van der Waals surface area contributed by atoms with Crippen LogP contribution in [-0.4, -0.2) is 12.4 Å². The van der Waals surface area contributed by atoms with Crippen LogP contribution < -0.4 is 4.74 Å². The summed E-state index contributed by atoms with van der Waals surface area (Å²) < 4.78 is 5.44. The van der Waals surface area contributed by atoms with E-state index in [1.807, 2.05) is 24.3 Å². The van der Waals surface area contributed by atoms with E-state index >= 15 is 0 Å². The Bertz CT molecular complexity index is 621.